The van der Waals surface area contributed by atoms with Crippen LogP contribution in [0, 0.1) is 0 Å². The van der Waals surface area contributed by atoms with Crippen molar-refractivity contribution in [3.05, 3.63) is 59.2 Å². The molecule has 0 bridgehead atoms. The third kappa shape index (κ3) is 4.61. The summed E-state index contributed by atoms with van der Waals surface area (Å²) < 4.78 is 44.0. The number of Topliss-reactive ketones (excluding diaryl/α,β-unsaturated/α-hetero) is 1. The minimum absolute atomic E-state index is 0.128. The Morgan fingerprint density at radius 3 is 2.57 bits per heavy atom. The maximum atomic E-state index is 12.8. The zero-order valence-electron chi connectivity index (χ0n) is 16.2. The number of hydrogen-bond acceptors (Lipinski definition) is 4. The van der Waals surface area contributed by atoms with Crippen LogP contribution in [0.2, 0.25) is 0 Å². The van der Waals surface area contributed by atoms with Gasteiger partial charge in [-0.2, -0.15) is 13.2 Å². The maximum absolute atomic E-state index is 12.8. The zero-order chi connectivity index (χ0) is 22.1. The molecule has 0 aliphatic carbocycles. The Morgan fingerprint density at radius 1 is 1.17 bits per heavy atom. The number of anilines is 1. The molecular weight excluding hydrogens is 401 g/mol. The topological polar surface area (TPSA) is 75.7 Å². The summed E-state index contributed by atoms with van der Waals surface area (Å²) >= 11 is 0. The van der Waals surface area contributed by atoms with E-state index in [1.807, 2.05) is 0 Å². The molecule has 1 atom stereocenters. The molecule has 0 saturated carbocycles. The SMILES string of the molecule is CC(=O)c1ccc2c(c1)N(CC(=O)NCc1cccc(C(F)(F)F)c1)C(=O)C(C)O2. The maximum Gasteiger partial charge on any atom is 0.416 e. The average Bonchev–Trinajstić information content (AvgIpc) is 2.69. The number of nitrogens with zero attached hydrogens (tertiary/aromatic N) is 1. The van der Waals surface area contributed by atoms with Gasteiger partial charge in [0.25, 0.3) is 5.91 Å². The summed E-state index contributed by atoms with van der Waals surface area (Å²) in [4.78, 5) is 37.8. The highest BCUT2D eigenvalue weighted by Crippen LogP contribution is 2.35. The number of ether oxygens (including phenoxy) is 1. The van der Waals surface area contributed by atoms with E-state index in [1.54, 1.807) is 12.1 Å². The van der Waals surface area contributed by atoms with Gasteiger partial charge in [-0.05, 0) is 49.7 Å². The van der Waals surface area contributed by atoms with E-state index in [4.69, 9.17) is 4.74 Å². The summed E-state index contributed by atoms with van der Waals surface area (Å²) in [5.41, 5.74) is 0.116. The molecular formula is C21H19F3N2O4. The van der Waals surface area contributed by atoms with Crippen molar-refractivity contribution < 1.29 is 32.3 Å². The molecule has 0 radical (unpaired) electrons. The highest BCUT2D eigenvalue weighted by molar-refractivity contribution is 6.05. The van der Waals surface area contributed by atoms with E-state index in [1.165, 1.54) is 36.9 Å². The Kier molecular flexibility index (Phi) is 5.82. The Hall–Kier alpha value is -3.36. The fourth-order valence-corrected chi connectivity index (χ4v) is 3.05. The first-order valence-corrected chi connectivity index (χ1v) is 9.12. The summed E-state index contributed by atoms with van der Waals surface area (Å²) in [5, 5.41) is 2.52. The third-order valence-electron chi connectivity index (χ3n) is 4.62. The van der Waals surface area contributed by atoms with Crippen LogP contribution in [-0.2, 0) is 22.3 Å². The molecule has 1 heterocycles. The van der Waals surface area contributed by atoms with Crippen molar-refractivity contribution in [2.45, 2.75) is 32.7 Å². The van der Waals surface area contributed by atoms with Crippen LogP contribution in [0.5, 0.6) is 5.75 Å². The lowest BCUT2D eigenvalue weighted by Gasteiger charge is -2.32. The van der Waals surface area contributed by atoms with E-state index in [9.17, 15) is 27.6 Å². The van der Waals surface area contributed by atoms with E-state index in [-0.39, 0.29) is 24.4 Å². The summed E-state index contributed by atoms with van der Waals surface area (Å²) in [6, 6.07) is 9.22. The van der Waals surface area contributed by atoms with Crippen LogP contribution in [0.15, 0.2) is 42.5 Å². The van der Waals surface area contributed by atoms with Crippen LogP contribution in [0.4, 0.5) is 18.9 Å². The lowest BCUT2D eigenvalue weighted by Crippen LogP contribution is -2.48. The normalized spacial score (nSPS) is 16.0. The average molecular weight is 420 g/mol. The van der Waals surface area contributed by atoms with Crippen LogP contribution in [0.25, 0.3) is 0 Å². The van der Waals surface area contributed by atoms with E-state index < -0.39 is 29.7 Å². The molecule has 30 heavy (non-hydrogen) atoms. The Balaban J connectivity index is 1.74. The van der Waals surface area contributed by atoms with Crippen molar-refractivity contribution in [2.24, 2.45) is 0 Å². The number of rotatable bonds is 5. The first-order valence-electron chi connectivity index (χ1n) is 9.12. The number of carbonyl (C=O) groups is 3. The van der Waals surface area contributed by atoms with Gasteiger partial charge >= 0.3 is 6.18 Å². The molecule has 6 nitrogen and oxygen atoms in total. The van der Waals surface area contributed by atoms with Gasteiger partial charge in [0.05, 0.1) is 11.3 Å². The molecule has 3 rings (SSSR count). The van der Waals surface area contributed by atoms with Crippen molar-refractivity contribution in [3.63, 3.8) is 0 Å². The van der Waals surface area contributed by atoms with Crippen molar-refractivity contribution in [3.8, 4) is 5.75 Å². The molecule has 1 aliphatic heterocycles. The van der Waals surface area contributed by atoms with Gasteiger partial charge in [0.15, 0.2) is 11.9 Å². The number of alkyl halides is 3. The van der Waals surface area contributed by atoms with Gasteiger partial charge < -0.3 is 10.1 Å². The molecule has 158 valence electrons. The second kappa shape index (κ2) is 8.17. The molecule has 2 aromatic carbocycles. The molecule has 1 unspecified atom stereocenters. The number of ketones is 1. The van der Waals surface area contributed by atoms with Gasteiger partial charge in [0.1, 0.15) is 12.3 Å². The molecule has 1 aliphatic rings. The lowest BCUT2D eigenvalue weighted by molar-refractivity contribution is -0.137. The van der Waals surface area contributed by atoms with E-state index in [0.29, 0.717) is 17.0 Å². The smallest absolute Gasteiger partial charge is 0.416 e. The summed E-state index contributed by atoms with van der Waals surface area (Å²) in [7, 11) is 0. The number of benzene rings is 2. The van der Waals surface area contributed by atoms with E-state index in [2.05, 4.69) is 5.32 Å². The van der Waals surface area contributed by atoms with Gasteiger partial charge in [-0.25, -0.2) is 0 Å². The molecule has 0 saturated heterocycles. The van der Waals surface area contributed by atoms with Crippen LogP contribution >= 0.6 is 0 Å². The number of fused-ring (bicyclic) bond motifs is 1. The molecule has 0 spiro atoms. The van der Waals surface area contributed by atoms with E-state index >= 15 is 0 Å². The Morgan fingerprint density at radius 2 is 1.90 bits per heavy atom. The van der Waals surface area contributed by atoms with Gasteiger partial charge in [0.2, 0.25) is 5.91 Å². The largest absolute Gasteiger partial charge is 0.479 e. The van der Waals surface area contributed by atoms with Gasteiger partial charge in [-0.3, -0.25) is 19.3 Å². The fraction of sp³-hybridized carbons (Fsp3) is 0.286. The van der Waals surface area contributed by atoms with Crippen molar-refractivity contribution >= 4 is 23.3 Å². The summed E-state index contributed by atoms with van der Waals surface area (Å²) in [6.45, 7) is 2.43. The number of carbonyl (C=O) groups excluding carboxylic acids is 3. The van der Waals surface area contributed by atoms with Crippen LogP contribution in [0.1, 0.15) is 35.3 Å². The molecule has 9 heteroatoms. The quantitative estimate of drug-likeness (QED) is 0.753. The van der Waals surface area contributed by atoms with Gasteiger partial charge in [0, 0.05) is 12.1 Å². The fourth-order valence-electron chi connectivity index (χ4n) is 3.05. The molecule has 2 aromatic rings. The predicted molar refractivity (Wildman–Crippen MR) is 102 cm³/mol. The van der Waals surface area contributed by atoms with E-state index in [0.717, 1.165) is 12.1 Å². The Labute approximate surface area is 170 Å². The number of amides is 2. The van der Waals surface area contributed by atoms with Crippen molar-refractivity contribution in [2.75, 3.05) is 11.4 Å². The zero-order valence-corrected chi connectivity index (χ0v) is 16.2. The third-order valence-corrected chi connectivity index (χ3v) is 4.62. The first kappa shape index (κ1) is 21.4. The van der Waals surface area contributed by atoms with Gasteiger partial charge in [-0.1, -0.05) is 12.1 Å². The highest BCUT2D eigenvalue weighted by atomic mass is 19.4. The first-order chi connectivity index (χ1) is 14.1. The van der Waals surface area contributed by atoms with Crippen molar-refractivity contribution in [1.82, 2.24) is 5.32 Å². The van der Waals surface area contributed by atoms with Crippen LogP contribution in [0.3, 0.4) is 0 Å². The van der Waals surface area contributed by atoms with Crippen molar-refractivity contribution in [1.29, 1.82) is 0 Å². The second-order valence-electron chi connectivity index (χ2n) is 6.90. The van der Waals surface area contributed by atoms with Crippen LogP contribution in [-0.4, -0.2) is 30.2 Å². The highest BCUT2D eigenvalue weighted by Gasteiger charge is 2.33. The minimum atomic E-state index is -4.48. The molecule has 1 N–H and O–H groups in total. The molecule has 2 amide bonds. The predicted octanol–water partition coefficient (Wildman–Crippen LogP) is 3.34. The summed E-state index contributed by atoms with van der Waals surface area (Å²) in [6.07, 6.45) is -5.30. The standard InChI is InChI=1S/C21H19F3N2O4/c1-12(27)15-6-7-18-17(9-15)26(20(29)13(2)30-18)11-19(28)25-10-14-4-3-5-16(8-14)21(22,23)24/h3-9,13H,10-11H2,1-2H3,(H,25,28). The number of nitrogens with one attached hydrogen (secondary N) is 1. The number of halogens is 3. The number of hydrogen-bond donors (Lipinski definition) is 1. The summed E-state index contributed by atoms with van der Waals surface area (Å²) in [5.74, 6) is -0.873. The van der Waals surface area contributed by atoms with Crippen LogP contribution < -0.4 is 15.0 Å². The Bertz CT molecular complexity index is 1000. The molecule has 0 fully saturated rings. The molecule has 0 aromatic heterocycles. The second-order valence-corrected chi connectivity index (χ2v) is 6.90. The minimum Gasteiger partial charge on any atom is -0.479 e. The lowest BCUT2D eigenvalue weighted by atomic mass is 10.1. The van der Waals surface area contributed by atoms with Gasteiger partial charge in [-0.15, -0.1) is 0 Å². The monoisotopic (exact) mass is 420 g/mol.